The third-order valence-corrected chi connectivity index (χ3v) is 8.45. The summed E-state index contributed by atoms with van der Waals surface area (Å²) >= 11 is 5.83. The fourth-order valence-electron chi connectivity index (χ4n) is 4.19. The first-order valence-electron chi connectivity index (χ1n) is 13.0. The summed E-state index contributed by atoms with van der Waals surface area (Å²) in [4.78, 5) is 12.3. The van der Waals surface area contributed by atoms with Gasteiger partial charge < -0.3 is 19.5 Å². The van der Waals surface area contributed by atoms with Crippen molar-refractivity contribution >= 4 is 28.0 Å². The Morgan fingerprint density at radius 2 is 1.78 bits per heavy atom. The van der Waals surface area contributed by atoms with Crippen LogP contribution >= 0.6 is 11.6 Å². The largest absolute Gasteiger partial charge is 0.394 e. The van der Waals surface area contributed by atoms with E-state index in [0.29, 0.717) is 24.8 Å². The van der Waals surface area contributed by atoms with Crippen LogP contribution in [0.5, 0.6) is 0 Å². The van der Waals surface area contributed by atoms with E-state index in [-0.39, 0.29) is 29.2 Å². The molecule has 0 spiro atoms. The van der Waals surface area contributed by atoms with E-state index in [9.17, 15) is 13.2 Å². The third-order valence-electron chi connectivity index (χ3n) is 6.28. The zero-order chi connectivity index (χ0) is 27.2. The van der Waals surface area contributed by atoms with E-state index in [1.807, 2.05) is 13.8 Å². The highest BCUT2D eigenvalue weighted by Gasteiger charge is 2.55. The Morgan fingerprint density at radius 1 is 1.17 bits per heavy atom. The Morgan fingerprint density at radius 3 is 2.25 bits per heavy atom. The number of carbonyl (C=O) groups excluding carboxylic acids is 1. The van der Waals surface area contributed by atoms with Crippen molar-refractivity contribution in [2.75, 3.05) is 40.0 Å². The Labute approximate surface area is 222 Å². The van der Waals surface area contributed by atoms with Crippen molar-refractivity contribution in [1.29, 1.82) is 0 Å². The maximum absolute atomic E-state index is 12.9. The van der Waals surface area contributed by atoms with Gasteiger partial charge in [-0.25, -0.2) is 8.42 Å². The van der Waals surface area contributed by atoms with Gasteiger partial charge in [-0.2, -0.15) is 4.31 Å². The number of amides is 1. The molecule has 1 aliphatic carbocycles. The summed E-state index contributed by atoms with van der Waals surface area (Å²) < 4.78 is 38.3. The van der Waals surface area contributed by atoms with Gasteiger partial charge in [0.15, 0.2) is 0 Å². The minimum Gasteiger partial charge on any atom is -0.394 e. The van der Waals surface area contributed by atoms with Gasteiger partial charge in [0.2, 0.25) is 16.4 Å². The Balaban J connectivity index is 0.000000361. The second kappa shape index (κ2) is 16.6. The summed E-state index contributed by atoms with van der Waals surface area (Å²) in [5.41, 5.74) is -0.389. The Bertz CT molecular complexity index is 848. The number of ether oxygens (including phenoxy) is 2. The van der Waals surface area contributed by atoms with E-state index in [0.717, 1.165) is 45.1 Å². The molecule has 1 saturated carbocycles. The normalized spacial score (nSPS) is 23.0. The number of nitrogens with zero attached hydrogens (tertiary/aromatic N) is 2. The van der Waals surface area contributed by atoms with E-state index in [2.05, 4.69) is 13.8 Å². The molecule has 0 aromatic heterocycles. The summed E-state index contributed by atoms with van der Waals surface area (Å²) in [5, 5.41) is 9.31. The quantitative estimate of drug-likeness (QED) is 0.531. The molecule has 1 aromatic carbocycles. The number of benzene rings is 1. The maximum Gasteiger partial charge on any atom is 0.243 e. The fourth-order valence-corrected chi connectivity index (χ4v) is 5.97. The van der Waals surface area contributed by atoms with Gasteiger partial charge in [0, 0.05) is 25.2 Å². The molecule has 0 radical (unpaired) electrons. The molecular formula is C26H45ClN2O6S. The minimum atomic E-state index is -3.57. The van der Waals surface area contributed by atoms with E-state index in [1.54, 1.807) is 24.1 Å². The number of rotatable bonds is 6. The molecule has 36 heavy (non-hydrogen) atoms. The Kier molecular flexibility index (Phi) is 15.1. The van der Waals surface area contributed by atoms with Gasteiger partial charge in [-0.1, -0.05) is 45.7 Å². The van der Waals surface area contributed by atoms with Crippen LogP contribution in [0.3, 0.4) is 0 Å². The molecule has 10 heteroatoms. The van der Waals surface area contributed by atoms with Crippen molar-refractivity contribution < 1.29 is 27.8 Å². The molecule has 208 valence electrons. The molecule has 2 heterocycles. The van der Waals surface area contributed by atoms with E-state index >= 15 is 0 Å². The number of hydrogen-bond donors (Lipinski definition) is 1. The van der Waals surface area contributed by atoms with Gasteiger partial charge in [0.05, 0.1) is 42.4 Å². The van der Waals surface area contributed by atoms with Gasteiger partial charge in [0.25, 0.3) is 0 Å². The zero-order valence-electron chi connectivity index (χ0n) is 22.5. The second-order valence-electron chi connectivity index (χ2n) is 8.81. The highest BCUT2D eigenvalue weighted by atomic mass is 35.5. The first-order valence-corrected chi connectivity index (χ1v) is 14.8. The van der Waals surface area contributed by atoms with Crippen LogP contribution in [0.15, 0.2) is 29.2 Å². The summed E-state index contributed by atoms with van der Waals surface area (Å²) in [6, 6.07) is 6.08. The van der Waals surface area contributed by atoms with Crippen LogP contribution in [-0.2, 0) is 24.3 Å². The molecule has 0 bridgehead atoms. The number of likely N-dealkylation sites (tertiary alicyclic amines) is 1. The predicted octanol–water partition coefficient (Wildman–Crippen LogP) is 4.34. The molecule has 8 nitrogen and oxygen atoms in total. The number of aliphatic hydroxyl groups is 1. The summed E-state index contributed by atoms with van der Waals surface area (Å²) in [6.45, 7) is 10.3. The summed E-state index contributed by atoms with van der Waals surface area (Å²) in [6.07, 6.45) is 6.98. The van der Waals surface area contributed by atoms with Crippen molar-refractivity contribution in [3.63, 3.8) is 0 Å². The predicted molar refractivity (Wildman–Crippen MR) is 144 cm³/mol. The van der Waals surface area contributed by atoms with Crippen LogP contribution in [0, 0.1) is 0 Å². The molecule has 1 aromatic rings. The van der Waals surface area contributed by atoms with Gasteiger partial charge in [-0.15, -0.1) is 0 Å². The lowest BCUT2D eigenvalue weighted by Gasteiger charge is -2.38. The maximum atomic E-state index is 12.9. The lowest BCUT2D eigenvalue weighted by atomic mass is 10.0. The van der Waals surface area contributed by atoms with Crippen LogP contribution in [0.25, 0.3) is 0 Å². The average molecular weight is 549 g/mol. The summed E-state index contributed by atoms with van der Waals surface area (Å²) in [5.74, 6) is 0. The molecule has 3 aliphatic rings. The van der Waals surface area contributed by atoms with Crippen LogP contribution in [-0.4, -0.2) is 86.8 Å². The van der Waals surface area contributed by atoms with Crippen molar-refractivity contribution in [2.45, 2.75) is 88.8 Å². The van der Waals surface area contributed by atoms with Gasteiger partial charge >= 0.3 is 0 Å². The minimum absolute atomic E-state index is 0.0891. The van der Waals surface area contributed by atoms with Gasteiger partial charge in [-0.3, -0.25) is 4.79 Å². The fraction of sp³-hybridized carbons (Fsp3) is 0.731. The Hall–Kier alpha value is -1.23. The average Bonchev–Trinajstić information content (AvgIpc) is 3.72. The number of halogens is 1. The summed E-state index contributed by atoms with van der Waals surface area (Å²) in [7, 11) is -1.93. The van der Waals surface area contributed by atoms with Crippen LogP contribution < -0.4 is 0 Å². The molecule has 2 saturated heterocycles. The lowest BCUT2D eigenvalue weighted by molar-refractivity contribution is -0.122. The number of morpholine rings is 1. The smallest absolute Gasteiger partial charge is 0.243 e. The first kappa shape index (κ1) is 32.8. The number of sulfonamides is 1. The number of carbonyl (C=O) groups is 1. The highest BCUT2D eigenvalue weighted by Crippen LogP contribution is 2.46. The highest BCUT2D eigenvalue weighted by molar-refractivity contribution is 7.89. The van der Waals surface area contributed by atoms with Crippen molar-refractivity contribution in [3.05, 3.63) is 29.3 Å². The molecule has 2 unspecified atom stereocenters. The van der Waals surface area contributed by atoms with Gasteiger partial charge in [0.1, 0.15) is 0 Å². The van der Waals surface area contributed by atoms with Crippen molar-refractivity contribution in [3.8, 4) is 0 Å². The monoisotopic (exact) mass is 548 g/mol. The second-order valence-corrected chi connectivity index (χ2v) is 11.1. The SMILES string of the molecule is CC.CCC.COC1(C2COCCN2S(=O)(=O)c2ccc(Cl)cc2)CC1.O=CN1CCCCC1CO. The van der Waals surface area contributed by atoms with Crippen molar-refractivity contribution in [2.24, 2.45) is 0 Å². The molecule has 2 atom stereocenters. The van der Waals surface area contributed by atoms with E-state index in [1.165, 1.54) is 22.9 Å². The standard InChI is InChI=1S/C14H18ClNO4S.C7H13NO2.C3H8.C2H6/c1-19-14(6-7-14)13-10-20-9-8-16(13)21(17,18)12-4-2-11(15)3-5-12;9-5-7-3-1-2-4-8(7)6-10;1-3-2;1-2/h2-5,13H,6-10H2,1H3;6-7,9H,1-5H2;3H2,1-2H3;1-2H3. The number of piperidine rings is 1. The lowest BCUT2D eigenvalue weighted by Crippen LogP contribution is -2.55. The van der Waals surface area contributed by atoms with E-state index < -0.39 is 10.0 Å². The first-order chi connectivity index (χ1) is 17.3. The number of methoxy groups -OCH3 is 1. The van der Waals surface area contributed by atoms with E-state index in [4.69, 9.17) is 26.2 Å². The number of aliphatic hydroxyl groups excluding tert-OH is 1. The molecular weight excluding hydrogens is 504 g/mol. The zero-order valence-corrected chi connectivity index (χ0v) is 24.1. The molecule has 1 N–H and O–H groups in total. The molecule has 1 amide bonds. The van der Waals surface area contributed by atoms with Crippen LogP contribution in [0.4, 0.5) is 0 Å². The van der Waals surface area contributed by atoms with Gasteiger partial charge in [-0.05, 0) is 56.4 Å². The molecule has 4 rings (SSSR count). The van der Waals surface area contributed by atoms with Crippen molar-refractivity contribution in [1.82, 2.24) is 9.21 Å². The van der Waals surface area contributed by atoms with Crippen LogP contribution in [0.2, 0.25) is 5.02 Å². The molecule has 2 aliphatic heterocycles. The third kappa shape index (κ3) is 8.96. The topological polar surface area (TPSA) is 96.4 Å². The number of hydrogen-bond acceptors (Lipinski definition) is 6. The van der Waals surface area contributed by atoms with Crippen LogP contribution in [0.1, 0.15) is 66.2 Å². The molecule has 3 fully saturated rings.